The molecule has 4 aromatic carbocycles. The summed E-state index contributed by atoms with van der Waals surface area (Å²) in [7, 11) is 0. The molecule has 23 heteroatoms. The Labute approximate surface area is 532 Å². The zero-order chi connectivity index (χ0) is 65.5. The molecular weight excluding hydrogens is 1160 g/mol. The van der Waals surface area contributed by atoms with Gasteiger partial charge in [0.1, 0.15) is 35.2 Å². The van der Waals surface area contributed by atoms with Crippen molar-refractivity contribution in [2.75, 3.05) is 65.6 Å². The second-order valence-electron chi connectivity index (χ2n) is 25.4. The van der Waals surface area contributed by atoms with Crippen molar-refractivity contribution >= 4 is 47.3 Å². The van der Waals surface area contributed by atoms with Gasteiger partial charge in [0.15, 0.2) is 11.6 Å². The second kappa shape index (κ2) is 31.4. The molecule has 5 aromatic rings. The Bertz CT molecular complexity index is 3340. The van der Waals surface area contributed by atoms with E-state index in [0.717, 1.165) is 11.1 Å². The van der Waals surface area contributed by atoms with Gasteiger partial charge in [0, 0.05) is 69.6 Å². The van der Waals surface area contributed by atoms with Gasteiger partial charge in [0.2, 0.25) is 29.5 Å². The fraction of sp³-hybridized carbons (Fsp3) is 0.500. The number of carbonyl (C=O) groups is 8. The van der Waals surface area contributed by atoms with Gasteiger partial charge in [0.05, 0.1) is 31.4 Å². The summed E-state index contributed by atoms with van der Waals surface area (Å²) in [5.41, 5.74) is 2.48. The van der Waals surface area contributed by atoms with Crippen molar-refractivity contribution in [1.29, 1.82) is 0 Å². The minimum absolute atomic E-state index is 0.0231. The maximum absolute atomic E-state index is 14.4. The Morgan fingerprint density at radius 2 is 1.25 bits per heavy atom. The van der Waals surface area contributed by atoms with E-state index in [1.807, 2.05) is 107 Å². The van der Waals surface area contributed by atoms with Crippen LogP contribution >= 0.6 is 0 Å². The molecule has 3 aliphatic rings. The van der Waals surface area contributed by atoms with Crippen LogP contribution in [0.2, 0.25) is 0 Å². The zero-order valence-corrected chi connectivity index (χ0v) is 53.5. The highest BCUT2D eigenvalue weighted by Gasteiger charge is 2.50. The van der Waals surface area contributed by atoms with Crippen molar-refractivity contribution in [3.63, 3.8) is 0 Å². The van der Waals surface area contributed by atoms with E-state index in [1.165, 1.54) is 10.6 Å². The van der Waals surface area contributed by atoms with E-state index in [4.69, 9.17) is 9.47 Å². The van der Waals surface area contributed by atoms with Crippen molar-refractivity contribution in [3.8, 4) is 28.6 Å². The number of epoxide rings is 1. The number of nitrogens with one attached hydrogen (secondary N) is 5. The standard InChI is InChI=1S/C68H89N11O12/c1-9-69-65(87)61-75-74-60(51-37-50(44(6)7)56(80)38-57(51)81)79(61)49-23-21-48(22-24-49)66(88)77-28-26-47(27-29-77)40-90-67(89)78-32-30-76(31-33-78)39-58(82)70-52(25-20-45-16-12-10-13-17-45)62(84)72-54(35-43(4)5)63(85)73-55(36-46-18-14-11-15-19-46)64(86)71-53(34-42(2)3)59(83)68(8)41-91-68/h10-19,21-24,37-38,42-44,47,52-55,80-81H,9,20,25-36,39-41H2,1-8H3,(H,69,87)(H,70,82)(H,71,86)(H,72,84)(H,73,85)/t52-,53-,54-,55-,68+/m0/s1. The van der Waals surface area contributed by atoms with Crippen molar-refractivity contribution in [2.24, 2.45) is 17.8 Å². The number of rotatable bonds is 28. The van der Waals surface area contributed by atoms with Gasteiger partial charge in [-0.2, -0.15) is 0 Å². The van der Waals surface area contributed by atoms with Gasteiger partial charge in [-0.1, -0.05) is 102 Å². The normalized spacial score (nSPS) is 17.4. The first-order valence-electron chi connectivity index (χ1n) is 31.8. The number of Topliss-reactive ketones (excluding diaryl/α,β-unsaturated/α-hetero) is 1. The van der Waals surface area contributed by atoms with Gasteiger partial charge in [0.25, 0.3) is 11.8 Å². The smallest absolute Gasteiger partial charge is 0.409 e. The Hall–Kier alpha value is -8.70. The van der Waals surface area contributed by atoms with Crippen LogP contribution in [0, 0.1) is 17.8 Å². The molecule has 8 rings (SSSR count). The Kier molecular flexibility index (Phi) is 23.5. The number of aromatic nitrogens is 3. The minimum Gasteiger partial charge on any atom is -0.508 e. The summed E-state index contributed by atoms with van der Waals surface area (Å²) in [5.74, 6) is -3.23. The lowest BCUT2D eigenvalue weighted by Gasteiger charge is -2.35. The lowest BCUT2D eigenvalue weighted by atomic mass is 9.93. The second-order valence-corrected chi connectivity index (χ2v) is 25.4. The molecule has 5 atom stereocenters. The van der Waals surface area contributed by atoms with Crippen LogP contribution in [0.1, 0.15) is 131 Å². The maximum Gasteiger partial charge on any atom is 0.409 e. The minimum atomic E-state index is -1.10. The third-order valence-electron chi connectivity index (χ3n) is 16.8. The van der Waals surface area contributed by atoms with Gasteiger partial charge in [-0.25, -0.2) is 4.79 Å². The van der Waals surface area contributed by atoms with Crippen LogP contribution in [0.3, 0.4) is 0 Å². The number of ether oxygens (including phenoxy) is 2. The number of nitrogens with zero attached hydrogens (tertiary/aromatic N) is 6. The number of likely N-dealkylation sites (tertiary alicyclic amines) is 1. The number of hydrogen-bond acceptors (Lipinski definition) is 15. The summed E-state index contributed by atoms with van der Waals surface area (Å²) < 4.78 is 12.8. The van der Waals surface area contributed by atoms with E-state index in [0.29, 0.717) is 88.3 Å². The fourth-order valence-corrected chi connectivity index (χ4v) is 11.5. The van der Waals surface area contributed by atoms with Crippen LogP contribution in [0.15, 0.2) is 97.1 Å². The number of ketones is 1. The summed E-state index contributed by atoms with van der Waals surface area (Å²) in [6, 6.07) is 24.2. The van der Waals surface area contributed by atoms with Crippen molar-refractivity contribution < 1.29 is 58.0 Å². The SMILES string of the molecule is CCNC(=O)c1nnc(-c2cc(C(C)C)c(O)cc2O)n1-c1ccc(C(=O)N2CCC(COC(=O)N3CCN(CC(=O)N[C@@H](CCc4ccccc4)C(=O)N[C@@H](CC(C)C)C(=O)N[C@@H](Cc4ccccc4)C(=O)N[C@@H](CC(C)C)C(=O)[C@@]4(C)CO4)CC3)CC2)cc1. The van der Waals surface area contributed by atoms with Gasteiger partial charge >= 0.3 is 6.09 Å². The summed E-state index contributed by atoms with van der Waals surface area (Å²) in [4.78, 5) is 116. The monoisotopic (exact) mass is 1250 g/mol. The molecule has 91 heavy (non-hydrogen) atoms. The number of phenols is 2. The first kappa shape index (κ1) is 68.2. The molecule has 0 saturated carbocycles. The molecule has 0 aliphatic carbocycles. The van der Waals surface area contributed by atoms with Gasteiger partial charge < -0.3 is 56.1 Å². The van der Waals surface area contributed by atoms with Crippen molar-refractivity contribution in [3.05, 3.63) is 125 Å². The van der Waals surface area contributed by atoms with Crippen molar-refractivity contribution in [1.82, 2.24) is 56.0 Å². The lowest BCUT2D eigenvalue weighted by molar-refractivity contribution is -0.135. The highest BCUT2D eigenvalue weighted by molar-refractivity contribution is 5.99. The summed E-state index contributed by atoms with van der Waals surface area (Å²) in [5, 5.41) is 44.3. The number of amides is 7. The molecule has 7 N–H and O–H groups in total. The number of aryl methyl sites for hydroxylation is 1. The Morgan fingerprint density at radius 1 is 0.670 bits per heavy atom. The molecule has 1 aromatic heterocycles. The van der Waals surface area contributed by atoms with E-state index in [9.17, 15) is 48.6 Å². The summed E-state index contributed by atoms with van der Waals surface area (Å²) in [6.07, 6.45) is 2.14. The number of piperazine rings is 1. The summed E-state index contributed by atoms with van der Waals surface area (Å²) >= 11 is 0. The van der Waals surface area contributed by atoms with Crippen LogP contribution in [0.5, 0.6) is 11.5 Å². The molecule has 7 amide bonds. The molecular formula is C68H89N11O12. The Balaban J connectivity index is 0.825. The van der Waals surface area contributed by atoms with E-state index >= 15 is 0 Å². The number of carbonyl (C=O) groups excluding carboxylic acids is 8. The summed E-state index contributed by atoms with van der Waals surface area (Å²) in [6.45, 7) is 18.0. The molecule has 4 heterocycles. The quantitative estimate of drug-likeness (QED) is 0.0279. The number of hydrogen-bond donors (Lipinski definition) is 7. The van der Waals surface area contributed by atoms with E-state index in [2.05, 4.69) is 36.8 Å². The first-order valence-corrected chi connectivity index (χ1v) is 31.8. The molecule has 3 fully saturated rings. The molecule has 3 aliphatic heterocycles. The third-order valence-corrected chi connectivity index (χ3v) is 16.8. The molecule has 0 spiro atoms. The van der Waals surface area contributed by atoms with E-state index in [-0.39, 0.29) is 103 Å². The molecule has 0 unspecified atom stereocenters. The van der Waals surface area contributed by atoms with Crippen LogP contribution in [-0.2, 0) is 46.3 Å². The highest BCUT2D eigenvalue weighted by atomic mass is 16.6. The van der Waals surface area contributed by atoms with Crippen LogP contribution in [0.4, 0.5) is 4.79 Å². The number of phenolic OH excluding ortho intramolecular Hbond substituents is 2. The lowest BCUT2D eigenvalue weighted by Crippen LogP contribution is -2.59. The molecule has 488 valence electrons. The highest BCUT2D eigenvalue weighted by Crippen LogP contribution is 2.38. The molecule has 0 bridgehead atoms. The predicted octanol–water partition coefficient (Wildman–Crippen LogP) is 6.09. The third kappa shape index (κ3) is 18.5. The van der Waals surface area contributed by atoms with Crippen molar-refractivity contribution in [2.45, 2.75) is 136 Å². The number of aromatic hydroxyl groups is 2. The topological polar surface area (TPSA) is 299 Å². The maximum atomic E-state index is 14.4. The zero-order valence-electron chi connectivity index (χ0n) is 53.5. The van der Waals surface area contributed by atoms with E-state index < -0.39 is 65.4 Å². The van der Waals surface area contributed by atoms with E-state index in [1.54, 1.807) is 54.0 Å². The van der Waals surface area contributed by atoms with Crippen LogP contribution < -0.4 is 26.6 Å². The predicted molar refractivity (Wildman–Crippen MR) is 341 cm³/mol. The van der Waals surface area contributed by atoms with Crippen LogP contribution in [0.25, 0.3) is 17.1 Å². The molecule has 0 radical (unpaired) electrons. The first-order chi connectivity index (χ1) is 43.5. The molecule has 23 nitrogen and oxygen atoms in total. The number of benzene rings is 4. The van der Waals surface area contributed by atoms with Gasteiger partial charge in [-0.15, -0.1) is 10.2 Å². The largest absolute Gasteiger partial charge is 0.508 e. The van der Waals surface area contributed by atoms with Crippen LogP contribution in [-0.4, -0.2) is 182 Å². The Morgan fingerprint density at radius 3 is 1.86 bits per heavy atom. The number of piperidine rings is 1. The average molecular weight is 1250 g/mol. The molecule has 3 saturated heterocycles. The fourth-order valence-electron chi connectivity index (χ4n) is 11.5. The average Bonchev–Trinajstić information content (AvgIpc) is 1.72. The van der Waals surface area contributed by atoms with Gasteiger partial charge in [-0.3, -0.25) is 43.0 Å². The van der Waals surface area contributed by atoms with Gasteiger partial charge in [-0.05, 0) is 123 Å².